The number of benzene rings is 2. The minimum Gasteiger partial charge on any atom is -0.494 e. The van der Waals surface area contributed by atoms with E-state index in [-0.39, 0.29) is 12.3 Å². The standard InChI is InChI=1S/C20H26FN3O3S/c1-4-27-19-7-5-6-15(10-19)12-23-20(22-2)24-13-17-11-18(21)9-8-16(17)14-28(3,25)26/h5-11H,4,12-14H2,1-3H3,(H2,22,23,24). The van der Waals surface area contributed by atoms with Crippen LogP contribution in [-0.4, -0.2) is 34.3 Å². The molecular weight excluding hydrogens is 381 g/mol. The average Bonchev–Trinajstić information content (AvgIpc) is 2.63. The van der Waals surface area contributed by atoms with E-state index in [1.165, 1.54) is 18.2 Å². The molecular formula is C20H26FN3O3S. The highest BCUT2D eigenvalue weighted by molar-refractivity contribution is 7.89. The van der Waals surface area contributed by atoms with Gasteiger partial charge in [-0.3, -0.25) is 4.99 Å². The van der Waals surface area contributed by atoms with Gasteiger partial charge in [0.15, 0.2) is 15.8 Å². The van der Waals surface area contributed by atoms with Crippen LogP contribution < -0.4 is 15.4 Å². The second-order valence-electron chi connectivity index (χ2n) is 6.34. The van der Waals surface area contributed by atoms with E-state index < -0.39 is 15.7 Å². The lowest BCUT2D eigenvalue weighted by Gasteiger charge is -2.15. The van der Waals surface area contributed by atoms with Gasteiger partial charge in [-0.2, -0.15) is 0 Å². The smallest absolute Gasteiger partial charge is 0.191 e. The van der Waals surface area contributed by atoms with Gasteiger partial charge in [0.05, 0.1) is 12.4 Å². The summed E-state index contributed by atoms with van der Waals surface area (Å²) >= 11 is 0. The van der Waals surface area contributed by atoms with Crippen molar-refractivity contribution < 1.29 is 17.5 Å². The van der Waals surface area contributed by atoms with Gasteiger partial charge < -0.3 is 15.4 Å². The molecule has 0 unspecified atom stereocenters. The normalized spacial score (nSPS) is 11.9. The van der Waals surface area contributed by atoms with Crippen molar-refractivity contribution >= 4 is 15.8 Å². The summed E-state index contributed by atoms with van der Waals surface area (Å²) in [5.41, 5.74) is 2.17. The zero-order valence-corrected chi connectivity index (χ0v) is 17.1. The molecule has 0 radical (unpaired) electrons. The second kappa shape index (κ2) is 10.1. The molecule has 2 rings (SSSR count). The van der Waals surface area contributed by atoms with Crippen LogP contribution in [0.1, 0.15) is 23.6 Å². The highest BCUT2D eigenvalue weighted by atomic mass is 32.2. The molecule has 0 saturated carbocycles. The third-order valence-electron chi connectivity index (χ3n) is 3.93. The first-order chi connectivity index (χ1) is 13.3. The summed E-state index contributed by atoms with van der Waals surface area (Å²) in [6.45, 7) is 3.31. The van der Waals surface area contributed by atoms with Crippen LogP contribution in [-0.2, 0) is 28.7 Å². The summed E-state index contributed by atoms with van der Waals surface area (Å²) in [6.07, 6.45) is 1.16. The monoisotopic (exact) mass is 407 g/mol. The van der Waals surface area contributed by atoms with Crippen LogP contribution in [0.3, 0.4) is 0 Å². The Hall–Kier alpha value is -2.61. The molecule has 0 heterocycles. The average molecular weight is 408 g/mol. The number of sulfone groups is 1. The highest BCUT2D eigenvalue weighted by Crippen LogP contribution is 2.15. The van der Waals surface area contributed by atoms with E-state index in [4.69, 9.17) is 4.74 Å². The maximum Gasteiger partial charge on any atom is 0.191 e. The first kappa shape index (κ1) is 21.7. The first-order valence-corrected chi connectivity index (χ1v) is 11.0. The molecule has 0 aliphatic heterocycles. The van der Waals surface area contributed by atoms with E-state index in [1.807, 2.05) is 31.2 Å². The first-order valence-electron chi connectivity index (χ1n) is 8.92. The molecule has 6 nitrogen and oxygen atoms in total. The number of nitrogens with zero attached hydrogens (tertiary/aromatic N) is 1. The van der Waals surface area contributed by atoms with Gasteiger partial charge >= 0.3 is 0 Å². The topological polar surface area (TPSA) is 79.8 Å². The predicted octanol–water partition coefficient (Wildman–Crippen LogP) is 2.63. The fourth-order valence-electron chi connectivity index (χ4n) is 2.68. The van der Waals surface area contributed by atoms with Crippen LogP contribution in [0.25, 0.3) is 0 Å². The van der Waals surface area contributed by atoms with Crippen LogP contribution in [0.5, 0.6) is 5.75 Å². The number of aliphatic imine (C=N–C) groups is 1. The molecule has 0 aliphatic carbocycles. The Labute approximate surface area is 165 Å². The van der Waals surface area contributed by atoms with E-state index in [1.54, 1.807) is 7.05 Å². The van der Waals surface area contributed by atoms with Gasteiger partial charge in [0.1, 0.15) is 11.6 Å². The van der Waals surface area contributed by atoms with Crippen LogP contribution in [0.2, 0.25) is 0 Å². The van der Waals surface area contributed by atoms with Gasteiger partial charge in [0, 0.05) is 26.4 Å². The largest absolute Gasteiger partial charge is 0.494 e. The fourth-order valence-corrected chi connectivity index (χ4v) is 3.53. The maximum atomic E-state index is 13.6. The van der Waals surface area contributed by atoms with E-state index >= 15 is 0 Å². The van der Waals surface area contributed by atoms with Crippen LogP contribution in [0.15, 0.2) is 47.5 Å². The van der Waals surface area contributed by atoms with Crippen molar-refractivity contribution in [2.75, 3.05) is 19.9 Å². The number of halogens is 1. The maximum absolute atomic E-state index is 13.6. The molecule has 2 aromatic rings. The molecule has 0 bridgehead atoms. The van der Waals surface area contributed by atoms with E-state index in [0.29, 0.717) is 30.2 Å². The van der Waals surface area contributed by atoms with Crippen LogP contribution >= 0.6 is 0 Å². The third kappa shape index (κ3) is 7.19. The Morgan fingerprint density at radius 1 is 1.11 bits per heavy atom. The molecule has 2 N–H and O–H groups in total. The molecule has 0 aliphatic rings. The summed E-state index contributed by atoms with van der Waals surface area (Å²) in [6, 6.07) is 11.8. The van der Waals surface area contributed by atoms with Crippen molar-refractivity contribution in [3.8, 4) is 5.75 Å². The van der Waals surface area contributed by atoms with E-state index in [2.05, 4.69) is 15.6 Å². The summed E-state index contributed by atoms with van der Waals surface area (Å²) in [7, 11) is -1.59. The number of nitrogens with one attached hydrogen (secondary N) is 2. The van der Waals surface area contributed by atoms with Gasteiger partial charge in [-0.1, -0.05) is 18.2 Å². The molecule has 0 spiro atoms. The molecule has 28 heavy (non-hydrogen) atoms. The predicted molar refractivity (Wildman–Crippen MR) is 110 cm³/mol. The molecule has 8 heteroatoms. The molecule has 152 valence electrons. The van der Waals surface area contributed by atoms with Crippen molar-refractivity contribution in [3.05, 3.63) is 65.0 Å². The van der Waals surface area contributed by atoms with Gasteiger partial charge in [0.2, 0.25) is 0 Å². The Bertz CT molecular complexity index is 930. The highest BCUT2D eigenvalue weighted by Gasteiger charge is 2.11. The Morgan fingerprint density at radius 2 is 1.86 bits per heavy atom. The number of hydrogen-bond donors (Lipinski definition) is 2. The quantitative estimate of drug-likeness (QED) is 0.519. The third-order valence-corrected chi connectivity index (χ3v) is 4.76. The molecule has 0 amide bonds. The van der Waals surface area contributed by atoms with Crippen molar-refractivity contribution in [2.24, 2.45) is 4.99 Å². The number of rotatable bonds is 8. The number of hydrogen-bond acceptors (Lipinski definition) is 4. The zero-order valence-electron chi connectivity index (χ0n) is 16.3. The molecule has 0 aromatic heterocycles. The SMILES string of the molecule is CCOc1cccc(CNC(=NC)NCc2cc(F)ccc2CS(C)(=O)=O)c1. The van der Waals surface area contributed by atoms with Gasteiger partial charge in [-0.25, -0.2) is 12.8 Å². The minimum absolute atomic E-state index is 0.138. The summed E-state index contributed by atoms with van der Waals surface area (Å²) < 4.78 is 42.3. The molecule has 0 saturated heterocycles. The molecule has 0 atom stereocenters. The van der Waals surface area contributed by atoms with Crippen molar-refractivity contribution in [3.63, 3.8) is 0 Å². The summed E-state index contributed by atoms with van der Waals surface area (Å²) in [5.74, 6) is 0.775. The number of ether oxygens (including phenoxy) is 1. The van der Waals surface area contributed by atoms with E-state index in [0.717, 1.165) is 17.6 Å². The summed E-state index contributed by atoms with van der Waals surface area (Å²) in [4.78, 5) is 4.15. The van der Waals surface area contributed by atoms with Gasteiger partial charge in [0.25, 0.3) is 0 Å². The second-order valence-corrected chi connectivity index (χ2v) is 8.48. The minimum atomic E-state index is -3.22. The number of guanidine groups is 1. The molecule has 0 fully saturated rings. The van der Waals surface area contributed by atoms with Crippen molar-refractivity contribution in [2.45, 2.75) is 25.8 Å². The fraction of sp³-hybridized carbons (Fsp3) is 0.350. The Morgan fingerprint density at radius 3 is 2.54 bits per heavy atom. The Kier molecular flexibility index (Phi) is 7.80. The van der Waals surface area contributed by atoms with Crippen molar-refractivity contribution in [1.82, 2.24) is 10.6 Å². The summed E-state index contributed by atoms with van der Waals surface area (Å²) in [5, 5.41) is 6.27. The zero-order chi connectivity index (χ0) is 20.6. The molecule has 2 aromatic carbocycles. The lowest BCUT2D eigenvalue weighted by Crippen LogP contribution is -2.36. The van der Waals surface area contributed by atoms with E-state index in [9.17, 15) is 12.8 Å². The van der Waals surface area contributed by atoms with Crippen LogP contribution in [0, 0.1) is 5.82 Å². The lowest BCUT2D eigenvalue weighted by atomic mass is 10.1. The van der Waals surface area contributed by atoms with Gasteiger partial charge in [-0.15, -0.1) is 0 Å². The van der Waals surface area contributed by atoms with Gasteiger partial charge in [-0.05, 0) is 47.9 Å². The van der Waals surface area contributed by atoms with Crippen LogP contribution in [0.4, 0.5) is 4.39 Å². The Balaban J connectivity index is 2.01. The van der Waals surface area contributed by atoms with Crippen molar-refractivity contribution in [1.29, 1.82) is 0 Å². The lowest BCUT2D eigenvalue weighted by molar-refractivity contribution is 0.340.